The minimum atomic E-state index is -3.63. The normalized spacial score (nSPS) is 18.5. The number of amides is 2. The van der Waals surface area contributed by atoms with Crippen LogP contribution in [0.15, 0.2) is 53.0 Å². The summed E-state index contributed by atoms with van der Waals surface area (Å²) in [6.45, 7) is 0.0781. The molecule has 2 aromatic carbocycles. The van der Waals surface area contributed by atoms with Gasteiger partial charge >= 0.3 is 0 Å². The third-order valence-electron chi connectivity index (χ3n) is 4.52. The zero-order chi connectivity index (χ0) is 20.3. The van der Waals surface area contributed by atoms with Gasteiger partial charge in [-0.05, 0) is 39.7 Å². The first kappa shape index (κ1) is 20.8. The smallest absolute Gasteiger partial charge is 0.253 e. The highest BCUT2D eigenvalue weighted by Gasteiger charge is 2.39. The number of benzene rings is 2. The van der Waals surface area contributed by atoms with Crippen LogP contribution >= 0.6 is 27.5 Å². The Hall–Kier alpha value is -1.90. The van der Waals surface area contributed by atoms with Crippen molar-refractivity contribution in [2.24, 2.45) is 0 Å². The molecule has 0 saturated carbocycles. The molecule has 1 heterocycles. The minimum absolute atomic E-state index is 0.0390. The Balaban J connectivity index is 1.72. The summed E-state index contributed by atoms with van der Waals surface area (Å²) >= 11 is 9.31. The first-order chi connectivity index (χ1) is 13.3. The summed E-state index contributed by atoms with van der Waals surface area (Å²) in [6, 6.07) is 14.0. The van der Waals surface area contributed by atoms with Crippen LogP contribution in [0.3, 0.4) is 0 Å². The van der Waals surface area contributed by atoms with Gasteiger partial charge in [-0.15, -0.1) is 0 Å². The van der Waals surface area contributed by atoms with Crippen molar-refractivity contribution >= 4 is 49.2 Å². The number of rotatable bonds is 4. The summed E-state index contributed by atoms with van der Waals surface area (Å²) in [4.78, 5) is 26.7. The first-order valence-corrected chi connectivity index (χ1v) is 11.4. The predicted octanol–water partition coefficient (Wildman–Crippen LogP) is 2.66. The number of hydrogen-bond acceptors (Lipinski definition) is 4. The lowest BCUT2D eigenvalue weighted by Gasteiger charge is -2.32. The Morgan fingerprint density at radius 2 is 1.89 bits per heavy atom. The molecule has 1 unspecified atom stereocenters. The summed E-state index contributed by atoms with van der Waals surface area (Å²) in [6.07, 6.45) is 0. The van der Waals surface area contributed by atoms with Gasteiger partial charge in [0.2, 0.25) is 5.91 Å². The van der Waals surface area contributed by atoms with Crippen LogP contribution in [0, 0.1) is 0 Å². The Morgan fingerprint density at radius 3 is 2.57 bits per heavy atom. The Bertz CT molecular complexity index is 998. The van der Waals surface area contributed by atoms with Crippen molar-refractivity contribution in [1.29, 1.82) is 0 Å². The number of hydrogen-bond donors (Lipinski definition) is 1. The second-order valence-electron chi connectivity index (χ2n) is 6.44. The van der Waals surface area contributed by atoms with E-state index < -0.39 is 21.0 Å². The van der Waals surface area contributed by atoms with E-state index in [1.54, 1.807) is 12.1 Å². The molecule has 1 atom stereocenters. The van der Waals surface area contributed by atoms with Gasteiger partial charge in [0.15, 0.2) is 15.1 Å². The zero-order valence-electron chi connectivity index (χ0n) is 14.8. The van der Waals surface area contributed by atoms with Crippen molar-refractivity contribution in [3.63, 3.8) is 0 Å². The Kier molecular flexibility index (Phi) is 6.42. The third kappa shape index (κ3) is 4.74. The fourth-order valence-electron chi connectivity index (χ4n) is 2.93. The average Bonchev–Trinajstić information content (AvgIpc) is 2.68. The maximum absolute atomic E-state index is 12.7. The molecule has 1 aliphatic rings. The fourth-order valence-corrected chi connectivity index (χ4v) is 4.93. The van der Waals surface area contributed by atoms with Crippen LogP contribution in [0.5, 0.6) is 0 Å². The number of halogens is 2. The van der Waals surface area contributed by atoms with Crippen LogP contribution in [0.25, 0.3) is 0 Å². The van der Waals surface area contributed by atoms with E-state index in [2.05, 4.69) is 21.2 Å². The number of carbonyl (C=O) groups excluding carboxylic acids is 2. The maximum atomic E-state index is 12.7. The molecule has 148 valence electrons. The van der Waals surface area contributed by atoms with Crippen molar-refractivity contribution in [3.8, 4) is 0 Å². The van der Waals surface area contributed by atoms with Crippen LogP contribution in [0.4, 0.5) is 0 Å². The van der Waals surface area contributed by atoms with Gasteiger partial charge in [-0.1, -0.05) is 41.9 Å². The molecule has 2 aromatic rings. The van der Waals surface area contributed by atoms with E-state index >= 15 is 0 Å². The average molecular weight is 486 g/mol. The zero-order valence-corrected chi connectivity index (χ0v) is 17.9. The van der Waals surface area contributed by atoms with Gasteiger partial charge in [0, 0.05) is 29.7 Å². The monoisotopic (exact) mass is 484 g/mol. The highest BCUT2D eigenvalue weighted by molar-refractivity contribution is 9.10. The maximum Gasteiger partial charge on any atom is 0.253 e. The molecule has 2 amide bonds. The molecule has 3 rings (SSSR count). The van der Waals surface area contributed by atoms with Gasteiger partial charge in [-0.2, -0.15) is 0 Å². The topological polar surface area (TPSA) is 83.6 Å². The third-order valence-corrected chi connectivity index (χ3v) is 7.74. The van der Waals surface area contributed by atoms with Crippen LogP contribution in [-0.2, 0) is 21.2 Å². The Labute approximate surface area is 176 Å². The molecule has 1 N–H and O–H groups in total. The van der Waals surface area contributed by atoms with Gasteiger partial charge in [0.05, 0.1) is 10.8 Å². The molecular weight excluding hydrogens is 468 g/mol. The summed E-state index contributed by atoms with van der Waals surface area (Å²) < 4.78 is 25.5. The van der Waals surface area contributed by atoms with E-state index in [0.717, 1.165) is 5.56 Å². The van der Waals surface area contributed by atoms with Gasteiger partial charge < -0.3 is 10.2 Å². The molecule has 6 nitrogen and oxygen atoms in total. The predicted molar refractivity (Wildman–Crippen MR) is 111 cm³/mol. The molecule has 0 aromatic heterocycles. The summed E-state index contributed by atoms with van der Waals surface area (Å²) in [7, 11) is -3.63. The minimum Gasteiger partial charge on any atom is -0.351 e. The SMILES string of the molecule is O=C(NCc1ccccc1)C1CN(C(=O)c2ccc(Br)c(Cl)c2)CCS1(=O)=O. The van der Waals surface area contributed by atoms with Crippen molar-refractivity contribution in [3.05, 3.63) is 69.2 Å². The molecular formula is C19H18BrClN2O4S. The van der Waals surface area contributed by atoms with E-state index in [1.807, 2.05) is 30.3 Å². The molecule has 9 heteroatoms. The van der Waals surface area contributed by atoms with Crippen LogP contribution < -0.4 is 5.32 Å². The molecule has 0 spiro atoms. The van der Waals surface area contributed by atoms with E-state index in [1.165, 1.54) is 11.0 Å². The molecule has 0 radical (unpaired) electrons. The highest BCUT2D eigenvalue weighted by atomic mass is 79.9. The lowest BCUT2D eigenvalue weighted by atomic mass is 10.2. The molecule has 1 saturated heterocycles. The second-order valence-corrected chi connectivity index (χ2v) is 10.0. The van der Waals surface area contributed by atoms with Crippen molar-refractivity contribution in [1.82, 2.24) is 10.2 Å². The van der Waals surface area contributed by atoms with Crippen LogP contribution in [-0.4, -0.2) is 49.2 Å². The summed E-state index contributed by atoms with van der Waals surface area (Å²) in [5.41, 5.74) is 1.21. The van der Waals surface area contributed by atoms with E-state index in [9.17, 15) is 18.0 Å². The molecule has 28 heavy (non-hydrogen) atoms. The molecule has 0 bridgehead atoms. The van der Waals surface area contributed by atoms with Gasteiger partial charge in [-0.3, -0.25) is 9.59 Å². The summed E-state index contributed by atoms with van der Waals surface area (Å²) in [5.74, 6) is -1.22. The Morgan fingerprint density at radius 1 is 1.18 bits per heavy atom. The van der Waals surface area contributed by atoms with Crippen molar-refractivity contribution in [2.75, 3.05) is 18.8 Å². The van der Waals surface area contributed by atoms with Gasteiger partial charge in [0.1, 0.15) is 0 Å². The van der Waals surface area contributed by atoms with Gasteiger partial charge in [-0.25, -0.2) is 8.42 Å². The number of nitrogens with zero attached hydrogens (tertiary/aromatic N) is 1. The van der Waals surface area contributed by atoms with Gasteiger partial charge in [0.25, 0.3) is 5.91 Å². The van der Waals surface area contributed by atoms with Crippen LogP contribution in [0.1, 0.15) is 15.9 Å². The van der Waals surface area contributed by atoms with E-state index in [-0.39, 0.29) is 31.3 Å². The fraction of sp³-hybridized carbons (Fsp3) is 0.263. The largest absolute Gasteiger partial charge is 0.351 e. The molecule has 1 aliphatic heterocycles. The lowest BCUT2D eigenvalue weighted by Crippen LogP contribution is -2.54. The quantitative estimate of drug-likeness (QED) is 0.722. The second kappa shape index (κ2) is 8.63. The standard InChI is InChI=1S/C19H18BrClN2O4S/c20-15-7-6-14(10-16(15)21)19(25)23-8-9-28(26,27)17(12-23)18(24)22-11-13-4-2-1-3-5-13/h1-7,10,17H,8-9,11-12H2,(H,22,24). The summed E-state index contributed by atoms with van der Waals surface area (Å²) in [5, 5.41) is 1.75. The van der Waals surface area contributed by atoms with Crippen molar-refractivity contribution in [2.45, 2.75) is 11.8 Å². The van der Waals surface area contributed by atoms with E-state index in [0.29, 0.717) is 15.1 Å². The van der Waals surface area contributed by atoms with Crippen molar-refractivity contribution < 1.29 is 18.0 Å². The molecule has 1 fully saturated rings. The lowest BCUT2D eigenvalue weighted by molar-refractivity contribution is -0.121. The number of sulfone groups is 1. The first-order valence-electron chi connectivity index (χ1n) is 8.55. The number of nitrogens with one attached hydrogen (secondary N) is 1. The highest BCUT2D eigenvalue weighted by Crippen LogP contribution is 2.24. The van der Waals surface area contributed by atoms with E-state index in [4.69, 9.17) is 11.6 Å². The number of carbonyl (C=O) groups is 2. The molecule has 0 aliphatic carbocycles. The van der Waals surface area contributed by atoms with Crippen LogP contribution in [0.2, 0.25) is 5.02 Å².